The minimum absolute atomic E-state index is 0.733. The monoisotopic (exact) mass is 305 g/mol. The average molecular weight is 306 g/mol. The number of halogens is 1. The highest BCUT2D eigenvalue weighted by Crippen LogP contribution is 2.27. The standard InChI is InChI=1S/C15H16BrNO/c16-10-4-5-12-18-14-9-6-11-17-15(14)13-7-2-1-3-8-13/h1-3,6-9,11H,4-5,10,12H2. The highest BCUT2D eigenvalue weighted by Gasteiger charge is 2.06. The van der Waals surface area contributed by atoms with Crippen molar-refractivity contribution in [1.82, 2.24) is 4.98 Å². The van der Waals surface area contributed by atoms with Crippen LogP contribution < -0.4 is 4.74 Å². The molecule has 0 unspecified atom stereocenters. The fraction of sp³-hybridized carbons (Fsp3) is 0.267. The topological polar surface area (TPSA) is 22.1 Å². The van der Waals surface area contributed by atoms with Crippen molar-refractivity contribution < 1.29 is 4.74 Å². The van der Waals surface area contributed by atoms with Gasteiger partial charge >= 0.3 is 0 Å². The molecule has 0 aliphatic rings. The van der Waals surface area contributed by atoms with E-state index >= 15 is 0 Å². The minimum Gasteiger partial charge on any atom is -0.491 e. The van der Waals surface area contributed by atoms with E-state index in [0.717, 1.165) is 41.8 Å². The maximum absolute atomic E-state index is 5.81. The van der Waals surface area contributed by atoms with Crippen LogP contribution in [0.2, 0.25) is 0 Å². The van der Waals surface area contributed by atoms with Gasteiger partial charge in [-0.15, -0.1) is 0 Å². The SMILES string of the molecule is BrCCCCOc1cccnc1-c1ccccc1. The lowest BCUT2D eigenvalue weighted by atomic mass is 10.1. The van der Waals surface area contributed by atoms with Crippen molar-refractivity contribution in [2.75, 3.05) is 11.9 Å². The van der Waals surface area contributed by atoms with Crippen LogP contribution in [0.15, 0.2) is 48.7 Å². The van der Waals surface area contributed by atoms with Crippen LogP contribution in [0, 0.1) is 0 Å². The molecule has 0 amide bonds. The number of nitrogens with zero attached hydrogens (tertiary/aromatic N) is 1. The number of hydrogen-bond acceptors (Lipinski definition) is 2. The van der Waals surface area contributed by atoms with Crippen molar-refractivity contribution in [3.05, 3.63) is 48.7 Å². The van der Waals surface area contributed by atoms with Crippen LogP contribution in [0.5, 0.6) is 5.75 Å². The largest absolute Gasteiger partial charge is 0.491 e. The number of hydrogen-bond donors (Lipinski definition) is 0. The van der Waals surface area contributed by atoms with Crippen molar-refractivity contribution in [2.45, 2.75) is 12.8 Å². The van der Waals surface area contributed by atoms with Gasteiger partial charge in [0.05, 0.1) is 6.61 Å². The number of aromatic nitrogens is 1. The van der Waals surface area contributed by atoms with Crippen molar-refractivity contribution in [1.29, 1.82) is 0 Å². The number of pyridine rings is 1. The number of unbranched alkanes of at least 4 members (excludes halogenated alkanes) is 1. The maximum Gasteiger partial charge on any atom is 0.145 e. The second kappa shape index (κ2) is 7.17. The van der Waals surface area contributed by atoms with Gasteiger partial charge in [-0.2, -0.15) is 0 Å². The van der Waals surface area contributed by atoms with Gasteiger partial charge in [0.2, 0.25) is 0 Å². The Morgan fingerprint density at radius 2 is 1.83 bits per heavy atom. The fourth-order valence-corrected chi connectivity index (χ4v) is 2.10. The Labute approximate surface area is 116 Å². The molecule has 3 heteroatoms. The van der Waals surface area contributed by atoms with Crippen LogP contribution >= 0.6 is 15.9 Å². The molecule has 18 heavy (non-hydrogen) atoms. The first-order chi connectivity index (χ1) is 8.92. The second-order valence-corrected chi connectivity index (χ2v) is 4.75. The summed E-state index contributed by atoms with van der Waals surface area (Å²) in [5.74, 6) is 0.860. The van der Waals surface area contributed by atoms with Gasteiger partial charge in [-0.05, 0) is 25.0 Å². The Morgan fingerprint density at radius 1 is 1.00 bits per heavy atom. The summed E-state index contributed by atoms with van der Waals surface area (Å²) in [5, 5.41) is 1.02. The lowest BCUT2D eigenvalue weighted by molar-refractivity contribution is 0.310. The fourth-order valence-electron chi connectivity index (χ4n) is 1.70. The zero-order valence-corrected chi connectivity index (χ0v) is 11.8. The average Bonchev–Trinajstić information content (AvgIpc) is 2.45. The van der Waals surface area contributed by atoms with Gasteiger partial charge in [-0.25, -0.2) is 0 Å². The predicted molar refractivity (Wildman–Crippen MR) is 78.2 cm³/mol. The third-order valence-electron chi connectivity index (χ3n) is 2.60. The van der Waals surface area contributed by atoms with Crippen LogP contribution in [0.25, 0.3) is 11.3 Å². The van der Waals surface area contributed by atoms with E-state index in [9.17, 15) is 0 Å². The van der Waals surface area contributed by atoms with Crippen LogP contribution in [0.1, 0.15) is 12.8 Å². The molecule has 0 spiro atoms. The summed E-state index contributed by atoms with van der Waals surface area (Å²) in [6.45, 7) is 0.733. The lowest BCUT2D eigenvalue weighted by Crippen LogP contribution is -2.00. The Hall–Kier alpha value is -1.35. The van der Waals surface area contributed by atoms with Gasteiger partial charge in [0.25, 0.3) is 0 Å². The van der Waals surface area contributed by atoms with E-state index < -0.39 is 0 Å². The summed E-state index contributed by atoms with van der Waals surface area (Å²) >= 11 is 3.42. The molecule has 0 radical (unpaired) electrons. The van der Waals surface area contributed by atoms with E-state index in [1.807, 2.05) is 42.5 Å². The molecule has 2 aromatic rings. The van der Waals surface area contributed by atoms with Crippen molar-refractivity contribution in [3.63, 3.8) is 0 Å². The van der Waals surface area contributed by atoms with E-state index in [-0.39, 0.29) is 0 Å². The molecule has 1 heterocycles. The summed E-state index contributed by atoms with van der Waals surface area (Å²) in [7, 11) is 0. The zero-order chi connectivity index (χ0) is 12.6. The smallest absolute Gasteiger partial charge is 0.145 e. The van der Waals surface area contributed by atoms with Crippen LogP contribution in [0.3, 0.4) is 0 Å². The van der Waals surface area contributed by atoms with Gasteiger partial charge in [0.15, 0.2) is 0 Å². The number of alkyl halides is 1. The Bertz CT molecular complexity index is 473. The summed E-state index contributed by atoms with van der Waals surface area (Å²) in [6, 6.07) is 14.0. The van der Waals surface area contributed by atoms with E-state index in [1.54, 1.807) is 6.20 Å². The molecule has 0 N–H and O–H groups in total. The number of ether oxygens (including phenoxy) is 1. The normalized spacial score (nSPS) is 10.3. The quantitative estimate of drug-likeness (QED) is 0.586. The van der Waals surface area contributed by atoms with E-state index in [1.165, 1.54) is 0 Å². The summed E-state index contributed by atoms with van der Waals surface area (Å²) in [6.07, 6.45) is 3.98. The first-order valence-electron chi connectivity index (χ1n) is 6.11. The first kappa shape index (κ1) is 13.1. The molecule has 0 saturated heterocycles. The Kier molecular flexibility index (Phi) is 5.21. The minimum atomic E-state index is 0.733. The predicted octanol–water partition coefficient (Wildman–Crippen LogP) is 4.30. The van der Waals surface area contributed by atoms with E-state index in [0.29, 0.717) is 0 Å². The second-order valence-electron chi connectivity index (χ2n) is 3.96. The van der Waals surface area contributed by atoms with Crippen LogP contribution in [0.4, 0.5) is 0 Å². The third kappa shape index (κ3) is 3.57. The molecule has 0 bridgehead atoms. The highest BCUT2D eigenvalue weighted by atomic mass is 79.9. The number of rotatable bonds is 6. The van der Waals surface area contributed by atoms with Gasteiger partial charge in [0, 0.05) is 17.1 Å². The summed E-state index contributed by atoms with van der Waals surface area (Å²) < 4.78 is 5.81. The molecule has 1 aromatic heterocycles. The molecule has 1 aromatic carbocycles. The molecule has 0 fully saturated rings. The van der Waals surface area contributed by atoms with Gasteiger partial charge in [0.1, 0.15) is 11.4 Å². The Morgan fingerprint density at radius 3 is 2.61 bits per heavy atom. The molecule has 0 aliphatic heterocycles. The summed E-state index contributed by atoms with van der Waals surface area (Å²) in [5.41, 5.74) is 2.01. The molecular formula is C15H16BrNO. The van der Waals surface area contributed by atoms with Gasteiger partial charge < -0.3 is 4.74 Å². The molecule has 0 atom stereocenters. The maximum atomic E-state index is 5.81. The Balaban J connectivity index is 2.11. The zero-order valence-electron chi connectivity index (χ0n) is 10.2. The van der Waals surface area contributed by atoms with Gasteiger partial charge in [-0.3, -0.25) is 4.98 Å². The van der Waals surface area contributed by atoms with E-state index in [2.05, 4.69) is 20.9 Å². The molecular weight excluding hydrogens is 290 g/mol. The lowest BCUT2D eigenvalue weighted by Gasteiger charge is -2.10. The van der Waals surface area contributed by atoms with Crippen LogP contribution in [-0.2, 0) is 0 Å². The first-order valence-corrected chi connectivity index (χ1v) is 7.23. The van der Waals surface area contributed by atoms with Gasteiger partial charge in [-0.1, -0.05) is 46.3 Å². The molecule has 0 saturated carbocycles. The number of benzene rings is 1. The van der Waals surface area contributed by atoms with Crippen molar-refractivity contribution >= 4 is 15.9 Å². The summed E-state index contributed by atoms with van der Waals surface area (Å²) in [4.78, 5) is 4.41. The van der Waals surface area contributed by atoms with Crippen LogP contribution in [-0.4, -0.2) is 16.9 Å². The molecule has 2 nitrogen and oxygen atoms in total. The van der Waals surface area contributed by atoms with Crippen molar-refractivity contribution in [3.8, 4) is 17.0 Å². The highest BCUT2D eigenvalue weighted by molar-refractivity contribution is 9.09. The molecule has 0 aliphatic carbocycles. The van der Waals surface area contributed by atoms with E-state index in [4.69, 9.17) is 4.74 Å². The molecule has 2 rings (SSSR count). The third-order valence-corrected chi connectivity index (χ3v) is 3.16. The molecule has 94 valence electrons. The van der Waals surface area contributed by atoms with Crippen molar-refractivity contribution in [2.24, 2.45) is 0 Å².